The molecule has 0 radical (unpaired) electrons. The Bertz CT molecular complexity index is 1110. The van der Waals surface area contributed by atoms with E-state index in [1.165, 1.54) is 11.0 Å². The molecule has 0 bridgehead atoms. The zero-order chi connectivity index (χ0) is 24.1. The Balaban J connectivity index is 1.20. The van der Waals surface area contributed by atoms with Crippen LogP contribution in [-0.2, 0) is 19.1 Å². The summed E-state index contributed by atoms with van der Waals surface area (Å²) in [5, 5.41) is 13.8. The largest absolute Gasteiger partial charge is 0.478 e. The van der Waals surface area contributed by atoms with E-state index in [0.717, 1.165) is 22.3 Å². The Morgan fingerprint density at radius 3 is 2.18 bits per heavy atom. The number of carbonyl (C=O) groups excluding carboxylic acids is 3. The Kier molecular flexibility index (Phi) is 6.91. The fraction of sp³-hybridized carbons (Fsp3) is 0.280. The van der Waals surface area contributed by atoms with Gasteiger partial charge in [-0.1, -0.05) is 54.6 Å². The van der Waals surface area contributed by atoms with Gasteiger partial charge in [-0.2, -0.15) is 0 Å². The maximum absolute atomic E-state index is 12.2. The van der Waals surface area contributed by atoms with Crippen LogP contribution in [0.3, 0.4) is 0 Å². The van der Waals surface area contributed by atoms with Crippen LogP contribution in [0.2, 0.25) is 0 Å². The second-order valence-corrected chi connectivity index (χ2v) is 8.08. The molecule has 1 aliphatic carbocycles. The van der Waals surface area contributed by atoms with E-state index in [-0.39, 0.29) is 56.6 Å². The topological polar surface area (TPSA) is 125 Å². The molecule has 0 unspecified atom stereocenters. The number of hydrogen-bond donors (Lipinski definition) is 3. The molecule has 3 N–H and O–H groups in total. The summed E-state index contributed by atoms with van der Waals surface area (Å²) in [6.45, 7) is 0.0500. The van der Waals surface area contributed by atoms with Gasteiger partial charge in [-0.25, -0.2) is 9.59 Å². The first-order valence-corrected chi connectivity index (χ1v) is 11.0. The van der Waals surface area contributed by atoms with E-state index < -0.39 is 18.0 Å². The first-order chi connectivity index (χ1) is 16.4. The maximum atomic E-state index is 12.2. The third kappa shape index (κ3) is 5.09. The average molecular weight is 463 g/mol. The molecular weight excluding hydrogens is 438 g/mol. The molecule has 176 valence electrons. The molecule has 3 amide bonds. The minimum atomic E-state index is -0.986. The quantitative estimate of drug-likeness (QED) is 0.576. The Morgan fingerprint density at radius 2 is 1.59 bits per heavy atom. The molecule has 0 aromatic heterocycles. The van der Waals surface area contributed by atoms with Crippen molar-refractivity contribution in [3.8, 4) is 11.1 Å². The predicted molar refractivity (Wildman–Crippen MR) is 123 cm³/mol. The summed E-state index contributed by atoms with van der Waals surface area (Å²) < 4.78 is 5.38. The van der Waals surface area contributed by atoms with Crippen molar-refractivity contribution in [3.05, 3.63) is 71.3 Å². The van der Waals surface area contributed by atoms with Crippen LogP contribution in [0, 0.1) is 0 Å². The highest BCUT2D eigenvalue weighted by atomic mass is 16.5. The van der Waals surface area contributed by atoms with Crippen LogP contribution < -0.4 is 10.6 Å². The number of benzene rings is 2. The third-order valence-corrected chi connectivity index (χ3v) is 6.01. The lowest BCUT2D eigenvalue weighted by Gasteiger charge is -2.25. The predicted octanol–water partition coefficient (Wildman–Crippen LogP) is 1.88. The third-order valence-electron chi connectivity index (χ3n) is 6.01. The molecule has 9 nitrogen and oxygen atoms in total. The second kappa shape index (κ2) is 10.2. The van der Waals surface area contributed by atoms with Gasteiger partial charge in [0.25, 0.3) is 0 Å². The molecule has 4 rings (SSSR count). The fourth-order valence-electron chi connectivity index (χ4n) is 4.24. The molecule has 0 spiro atoms. The molecule has 0 saturated heterocycles. The van der Waals surface area contributed by atoms with Crippen LogP contribution in [0.1, 0.15) is 23.5 Å². The van der Waals surface area contributed by atoms with E-state index >= 15 is 0 Å². The molecule has 34 heavy (non-hydrogen) atoms. The fourth-order valence-corrected chi connectivity index (χ4v) is 4.24. The van der Waals surface area contributed by atoms with Crippen molar-refractivity contribution in [1.82, 2.24) is 15.5 Å². The molecule has 9 heteroatoms. The Labute approximate surface area is 196 Å². The lowest BCUT2D eigenvalue weighted by atomic mass is 9.98. The number of nitrogens with zero attached hydrogens (tertiary/aromatic N) is 1. The smallest absolute Gasteiger partial charge is 0.407 e. The Morgan fingerprint density at radius 1 is 0.941 bits per heavy atom. The van der Waals surface area contributed by atoms with E-state index in [9.17, 15) is 19.2 Å². The lowest BCUT2D eigenvalue weighted by molar-refractivity contribution is -0.135. The Hall–Kier alpha value is -4.14. The number of fused-ring (bicyclic) bond motifs is 3. The monoisotopic (exact) mass is 463 g/mol. The number of hydrogen-bond acceptors (Lipinski definition) is 5. The van der Waals surface area contributed by atoms with Crippen molar-refractivity contribution in [2.24, 2.45) is 0 Å². The van der Waals surface area contributed by atoms with Crippen molar-refractivity contribution in [3.63, 3.8) is 0 Å². The first-order valence-electron chi connectivity index (χ1n) is 11.0. The summed E-state index contributed by atoms with van der Waals surface area (Å²) >= 11 is 0. The van der Waals surface area contributed by atoms with Gasteiger partial charge in [0.1, 0.15) is 13.2 Å². The number of carboxylic acids is 1. The number of nitrogens with one attached hydrogen (secondary N) is 2. The van der Waals surface area contributed by atoms with Gasteiger partial charge in [-0.05, 0) is 28.7 Å². The molecule has 2 aromatic carbocycles. The van der Waals surface area contributed by atoms with Gasteiger partial charge in [0.2, 0.25) is 11.8 Å². The summed E-state index contributed by atoms with van der Waals surface area (Å²) in [6, 6.07) is 16.0. The van der Waals surface area contributed by atoms with Gasteiger partial charge in [0, 0.05) is 24.6 Å². The number of amides is 3. The normalized spacial score (nSPS) is 14.5. The van der Waals surface area contributed by atoms with Crippen molar-refractivity contribution < 1.29 is 29.0 Å². The molecule has 0 saturated carbocycles. The molecule has 2 aromatic rings. The highest BCUT2D eigenvalue weighted by Crippen LogP contribution is 2.44. The summed E-state index contributed by atoms with van der Waals surface area (Å²) in [7, 11) is 0. The van der Waals surface area contributed by atoms with Crippen molar-refractivity contribution in [2.75, 3.05) is 32.8 Å². The van der Waals surface area contributed by atoms with Crippen molar-refractivity contribution in [1.29, 1.82) is 0 Å². The van der Waals surface area contributed by atoms with E-state index in [4.69, 9.17) is 9.84 Å². The SMILES string of the molecule is O=C(CNC(=O)OCC1c2ccccc2-c2ccccc21)NCC(=O)N1CC=C(C(=O)O)CC1. The zero-order valence-corrected chi connectivity index (χ0v) is 18.5. The van der Waals surface area contributed by atoms with Crippen LogP contribution in [0.15, 0.2) is 60.2 Å². The van der Waals surface area contributed by atoms with Crippen LogP contribution in [0.5, 0.6) is 0 Å². The molecule has 1 aliphatic heterocycles. The second-order valence-electron chi connectivity index (χ2n) is 8.08. The minimum Gasteiger partial charge on any atom is -0.478 e. The van der Waals surface area contributed by atoms with Crippen molar-refractivity contribution >= 4 is 23.9 Å². The molecule has 2 aliphatic rings. The van der Waals surface area contributed by atoms with Crippen LogP contribution in [-0.4, -0.2) is 66.7 Å². The number of carbonyl (C=O) groups is 4. The van der Waals surface area contributed by atoms with Gasteiger partial charge in [0.05, 0.1) is 6.54 Å². The van der Waals surface area contributed by atoms with Gasteiger partial charge < -0.3 is 25.4 Å². The van der Waals surface area contributed by atoms with E-state index in [1.807, 2.05) is 48.5 Å². The summed E-state index contributed by atoms with van der Waals surface area (Å²) in [4.78, 5) is 48.8. The average Bonchev–Trinajstić information content (AvgIpc) is 3.18. The first kappa shape index (κ1) is 23.0. The summed E-state index contributed by atoms with van der Waals surface area (Å²) in [5.74, 6) is -1.92. The summed E-state index contributed by atoms with van der Waals surface area (Å²) in [5.41, 5.74) is 4.71. The number of carboxylic acid groups (broad SMARTS) is 1. The molecule has 0 fully saturated rings. The number of alkyl carbamates (subject to hydrolysis) is 1. The molecule has 1 heterocycles. The van der Waals surface area contributed by atoms with E-state index in [1.54, 1.807) is 0 Å². The zero-order valence-electron chi connectivity index (χ0n) is 18.5. The van der Waals surface area contributed by atoms with Gasteiger partial charge in [-0.3, -0.25) is 9.59 Å². The number of aliphatic carboxylic acids is 1. The van der Waals surface area contributed by atoms with Crippen LogP contribution >= 0.6 is 0 Å². The van der Waals surface area contributed by atoms with Gasteiger partial charge >= 0.3 is 12.1 Å². The number of rotatable bonds is 7. The van der Waals surface area contributed by atoms with E-state index in [0.29, 0.717) is 0 Å². The van der Waals surface area contributed by atoms with Crippen LogP contribution in [0.4, 0.5) is 4.79 Å². The van der Waals surface area contributed by atoms with Gasteiger partial charge in [-0.15, -0.1) is 0 Å². The van der Waals surface area contributed by atoms with Crippen LogP contribution in [0.25, 0.3) is 11.1 Å². The number of ether oxygens (including phenoxy) is 1. The maximum Gasteiger partial charge on any atom is 0.407 e. The standard InChI is InChI=1S/C25H25N3O6/c29-22(26-14-23(30)28-11-9-16(10-12-28)24(31)32)13-27-25(33)34-15-21-19-7-3-1-5-17(19)18-6-2-4-8-20(18)21/h1-9,21H,10-15H2,(H,26,29)(H,27,33)(H,31,32). The highest BCUT2D eigenvalue weighted by Gasteiger charge is 2.29. The lowest BCUT2D eigenvalue weighted by Crippen LogP contribution is -2.45. The van der Waals surface area contributed by atoms with Crippen molar-refractivity contribution in [2.45, 2.75) is 12.3 Å². The van der Waals surface area contributed by atoms with Gasteiger partial charge in [0.15, 0.2) is 0 Å². The summed E-state index contributed by atoms with van der Waals surface area (Å²) in [6.07, 6.45) is 1.04. The van der Waals surface area contributed by atoms with E-state index in [2.05, 4.69) is 10.6 Å². The molecular formula is C25H25N3O6. The highest BCUT2D eigenvalue weighted by molar-refractivity contribution is 5.89. The molecule has 0 atom stereocenters. The minimum absolute atomic E-state index is 0.0789.